The van der Waals surface area contributed by atoms with Crippen LogP contribution in [0.2, 0.25) is 0 Å². The van der Waals surface area contributed by atoms with Crippen molar-refractivity contribution in [1.29, 1.82) is 0 Å². The first-order valence-electron chi connectivity index (χ1n) is 2.52. The van der Waals surface area contributed by atoms with Crippen LogP contribution in [0.15, 0.2) is 0 Å². The standard InChI is InChI=1S/C5H10Cl2O/c1-4(2)3-8-5(6)7/h4-5H,3H2,1-2H3. The zero-order chi connectivity index (χ0) is 6.57. The maximum absolute atomic E-state index is 5.27. The monoisotopic (exact) mass is 156 g/mol. The molecule has 0 unspecified atom stereocenters. The molecule has 0 aromatic rings. The van der Waals surface area contributed by atoms with Crippen molar-refractivity contribution in [3.05, 3.63) is 0 Å². The smallest absolute Gasteiger partial charge is 0.206 e. The summed E-state index contributed by atoms with van der Waals surface area (Å²) >= 11 is 10.5. The summed E-state index contributed by atoms with van der Waals surface area (Å²) in [7, 11) is 0. The predicted molar refractivity (Wildman–Crippen MR) is 36.3 cm³/mol. The number of hydrogen-bond donors (Lipinski definition) is 0. The normalized spacial score (nSPS) is 11.2. The molecule has 0 bridgehead atoms. The molecule has 0 N–H and O–H groups in total. The third-order valence-corrected chi connectivity index (χ3v) is 0.808. The Hall–Kier alpha value is 0.540. The lowest BCUT2D eigenvalue weighted by atomic mass is 10.2. The summed E-state index contributed by atoms with van der Waals surface area (Å²) in [5, 5.41) is -0.669. The van der Waals surface area contributed by atoms with E-state index in [2.05, 4.69) is 0 Å². The molecule has 50 valence electrons. The SMILES string of the molecule is CC(C)COC(Cl)Cl. The lowest BCUT2D eigenvalue weighted by molar-refractivity contribution is 0.128. The molecule has 0 saturated carbocycles. The van der Waals surface area contributed by atoms with E-state index < -0.39 is 5.02 Å². The van der Waals surface area contributed by atoms with Crippen LogP contribution in [-0.4, -0.2) is 11.6 Å². The first-order chi connectivity index (χ1) is 3.63. The molecule has 0 atom stereocenters. The van der Waals surface area contributed by atoms with Crippen molar-refractivity contribution in [3.63, 3.8) is 0 Å². The molecule has 0 radical (unpaired) electrons. The van der Waals surface area contributed by atoms with E-state index in [0.29, 0.717) is 12.5 Å². The second kappa shape index (κ2) is 4.42. The van der Waals surface area contributed by atoms with E-state index in [-0.39, 0.29) is 0 Å². The molecule has 8 heavy (non-hydrogen) atoms. The van der Waals surface area contributed by atoms with Crippen LogP contribution in [0.1, 0.15) is 13.8 Å². The van der Waals surface area contributed by atoms with Gasteiger partial charge in [0.25, 0.3) is 0 Å². The molecule has 0 aliphatic heterocycles. The van der Waals surface area contributed by atoms with Crippen LogP contribution in [0.4, 0.5) is 0 Å². The summed E-state index contributed by atoms with van der Waals surface area (Å²) in [6.45, 7) is 4.70. The number of ether oxygens (including phenoxy) is 1. The van der Waals surface area contributed by atoms with Gasteiger partial charge in [0.1, 0.15) is 0 Å². The summed E-state index contributed by atoms with van der Waals surface area (Å²) in [6, 6.07) is 0. The molecular weight excluding hydrogens is 147 g/mol. The van der Waals surface area contributed by atoms with Crippen LogP contribution >= 0.6 is 23.2 Å². The highest BCUT2D eigenvalue weighted by Gasteiger charge is 1.98. The molecular formula is C5H10Cl2O. The Labute approximate surface area is 59.9 Å². The average Bonchev–Trinajstić information content (AvgIpc) is 1.61. The molecule has 0 aromatic carbocycles. The van der Waals surface area contributed by atoms with E-state index in [4.69, 9.17) is 27.9 Å². The molecule has 0 spiro atoms. The van der Waals surface area contributed by atoms with Gasteiger partial charge in [-0.2, -0.15) is 0 Å². The summed E-state index contributed by atoms with van der Waals surface area (Å²) in [6.07, 6.45) is 0. The van der Waals surface area contributed by atoms with E-state index in [9.17, 15) is 0 Å². The van der Waals surface area contributed by atoms with Crippen LogP contribution < -0.4 is 0 Å². The van der Waals surface area contributed by atoms with Crippen LogP contribution in [-0.2, 0) is 4.74 Å². The van der Waals surface area contributed by atoms with Crippen molar-refractivity contribution in [2.45, 2.75) is 18.9 Å². The molecule has 0 aromatic heterocycles. The number of rotatable bonds is 3. The van der Waals surface area contributed by atoms with Gasteiger partial charge < -0.3 is 4.74 Å². The Morgan fingerprint density at radius 1 is 1.38 bits per heavy atom. The quantitative estimate of drug-likeness (QED) is 0.571. The highest BCUT2D eigenvalue weighted by Crippen LogP contribution is 2.05. The highest BCUT2D eigenvalue weighted by molar-refractivity contribution is 6.43. The molecule has 0 aliphatic rings. The van der Waals surface area contributed by atoms with E-state index in [1.165, 1.54) is 0 Å². The van der Waals surface area contributed by atoms with Gasteiger partial charge in [0.15, 0.2) is 0 Å². The zero-order valence-corrected chi connectivity index (χ0v) is 6.54. The Morgan fingerprint density at radius 3 is 2.00 bits per heavy atom. The highest BCUT2D eigenvalue weighted by atomic mass is 35.5. The van der Waals surface area contributed by atoms with Gasteiger partial charge in [-0.3, -0.25) is 0 Å². The van der Waals surface area contributed by atoms with E-state index in [0.717, 1.165) is 0 Å². The van der Waals surface area contributed by atoms with Crippen molar-refractivity contribution in [3.8, 4) is 0 Å². The van der Waals surface area contributed by atoms with Gasteiger partial charge in [0.2, 0.25) is 5.02 Å². The molecule has 0 saturated heterocycles. The zero-order valence-electron chi connectivity index (χ0n) is 5.03. The number of halogens is 2. The predicted octanol–water partition coefficient (Wildman–Crippen LogP) is 2.42. The van der Waals surface area contributed by atoms with Gasteiger partial charge in [-0.25, -0.2) is 0 Å². The van der Waals surface area contributed by atoms with E-state index in [1.54, 1.807) is 0 Å². The average molecular weight is 157 g/mol. The van der Waals surface area contributed by atoms with Crippen LogP contribution in [0, 0.1) is 5.92 Å². The maximum atomic E-state index is 5.27. The lowest BCUT2D eigenvalue weighted by Gasteiger charge is -2.05. The minimum atomic E-state index is -0.669. The third-order valence-electron chi connectivity index (χ3n) is 0.556. The summed E-state index contributed by atoms with van der Waals surface area (Å²) in [5.74, 6) is 0.495. The molecule has 3 heteroatoms. The third kappa shape index (κ3) is 6.54. The Kier molecular flexibility index (Phi) is 4.72. The molecule has 0 amide bonds. The minimum Gasteiger partial charge on any atom is -0.349 e. The molecule has 0 rings (SSSR count). The molecule has 0 aliphatic carbocycles. The van der Waals surface area contributed by atoms with Crippen molar-refractivity contribution in [1.82, 2.24) is 0 Å². The van der Waals surface area contributed by atoms with Crippen molar-refractivity contribution in [2.24, 2.45) is 5.92 Å². The molecule has 1 nitrogen and oxygen atoms in total. The van der Waals surface area contributed by atoms with Gasteiger partial charge in [-0.1, -0.05) is 37.0 Å². The molecule has 0 fully saturated rings. The van der Waals surface area contributed by atoms with Crippen LogP contribution in [0.25, 0.3) is 0 Å². The van der Waals surface area contributed by atoms with Crippen molar-refractivity contribution >= 4 is 23.2 Å². The van der Waals surface area contributed by atoms with Gasteiger partial charge >= 0.3 is 0 Å². The van der Waals surface area contributed by atoms with Gasteiger partial charge in [-0.05, 0) is 5.92 Å². The Bertz CT molecular complexity index is 46.4. The molecule has 0 heterocycles. The Balaban J connectivity index is 2.93. The fourth-order valence-electron chi connectivity index (χ4n) is 0.265. The lowest BCUT2D eigenvalue weighted by Crippen LogP contribution is -2.04. The van der Waals surface area contributed by atoms with Gasteiger partial charge in [0.05, 0.1) is 6.61 Å². The fourth-order valence-corrected chi connectivity index (χ4v) is 0.411. The second-order valence-corrected chi connectivity index (χ2v) is 3.00. The van der Waals surface area contributed by atoms with Crippen molar-refractivity contribution in [2.75, 3.05) is 6.61 Å². The minimum absolute atomic E-state index is 0.495. The maximum Gasteiger partial charge on any atom is 0.206 e. The fraction of sp³-hybridized carbons (Fsp3) is 1.00. The summed E-state index contributed by atoms with van der Waals surface area (Å²) in [5.41, 5.74) is 0. The topological polar surface area (TPSA) is 9.23 Å². The number of hydrogen-bond acceptors (Lipinski definition) is 1. The van der Waals surface area contributed by atoms with Crippen LogP contribution in [0.3, 0.4) is 0 Å². The summed E-state index contributed by atoms with van der Waals surface area (Å²) < 4.78 is 4.83. The number of alkyl halides is 2. The van der Waals surface area contributed by atoms with Crippen molar-refractivity contribution < 1.29 is 4.74 Å². The van der Waals surface area contributed by atoms with E-state index >= 15 is 0 Å². The first kappa shape index (κ1) is 8.54. The summed E-state index contributed by atoms with van der Waals surface area (Å²) in [4.78, 5) is 0. The largest absolute Gasteiger partial charge is 0.349 e. The first-order valence-corrected chi connectivity index (χ1v) is 3.40. The second-order valence-electron chi connectivity index (χ2n) is 1.99. The van der Waals surface area contributed by atoms with Crippen LogP contribution in [0.5, 0.6) is 0 Å². The van der Waals surface area contributed by atoms with Gasteiger partial charge in [-0.15, -0.1) is 0 Å². The van der Waals surface area contributed by atoms with E-state index in [1.807, 2.05) is 13.8 Å². The Morgan fingerprint density at radius 2 is 1.88 bits per heavy atom. The van der Waals surface area contributed by atoms with Gasteiger partial charge in [0, 0.05) is 0 Å².